The van der Waals surface area contributed by atoms with Gasteiger partial charge in [0.1, 0.15) is 0 Å². The zero-order chi connectivity index (χ0) is 5.28. The summed E-state index contributed by atoms with van der Waals surface area (Å²) in [7, 11) is 2.16. The summed E-state index contributed by atoms with van der Waals surface area (Å²) >= 11 is 0. The summed E-state index contributed by atoms with van der Waals surface area (Å²) < 4.78 is 0. The molecule has 0 bridgehead atoms. The fraction of sp³-hybridized carbons (Fsp3) is 0.833. The van der Waals surface area contributed by atoms with Gasteiger partial charge in [0.15, 0.2) is 0 Å². The van der Waals surface area contributed by atoms with E-state index in [0.717, 1.165) is 0 Å². The van der Waals surface area contributed by atoms with Gasteiger partial charge in [-0.1, -0.05) is 6.42 Å². The number of nitrogens with zero attached hydrogens (tertiary/aromatic N) is 1. The predicted molar refractivity (Wildman–Crippen MR) is 30.8 cm³/mol. The van der Waals surface area contributed by atoms with Crippen LogP contribution in [0, 0.1) is 6.04 Å². The van der Waals surface area contributed by atoms with Gasteiger partial charge >= 0.3 is 58.2 Å². The normalized spacial score (nSPS) is 23.2. The van der Waals surface area contributed by atoms with E-state index < -0.39 is 0 Å². The molecule has 8 heavy (non-hydrogen) atoms. The monoisotopic (exact) mass is 183 g/mol. The maximum absolute atomic E-state index is 2.32. The molecule has 0 amide bonds. The first-order valence-electron chi connectivity index (χ1n) is 2.84. The van der Waals surface area contributed by atoms with Crippen molar-refractivity contribution in [2.45, 2.75) is 19.8 Å². The van der Waals surface area contributed by atoms with Crippen LogP contribution in [0.4, 0.5) is 0 Å². The van der Waals surface area contributed by atoms with Crippen LogP contribution in [-0.2, 0) is 0 Å². The van der Waals surface area contributed by atoms with Gasteiger partial charge in [-0.2, -0.15) is 13.3 Å². The van der Waals surface area contributed by atoms with E-state index in [9.17, 15) is 0 Å². The standard InChI is InChI=1S/C6H12N.Rb/c1-6-4-3-5-7(6)2;/h3-5H2,1-2H3;/q-1;+1. The average molecular weight is 184 g/mol. The number of hydrogen-bond acceptors (Lipinski definition) is 1. The smallest absolute Gasteiger partial charge is 0.456 e. The van der Waals surface area contributed by atoms with Crippen molar-refractivity contribution in [1.82, 2.24) is 4.90 Å². The van der Waals surface area contributed by atoms with E-state index in [4.69, 9.17) is 0 Å². The molecule has 2 heteroatoms. The van der Waals surface area contributed by atoms with E-state index in [1.807, 2.05) is 0 Å². The summed E-state index contributed by atoms with van der Waals surface area (Å²) in [6.07, 6.45) is 2.68. The average Bonchev–Trinajstić information content (AvgIpc) is 1.91. The third-order valence-corrected chi connectivity index (χ3v) is 1.68. The molecule has 0 radical (unpaired) electrons. The van der Waals surface area contributed by atoms with E-state index in [1.165, 1.54) is 19.4 Å². The van der Waals surface area contributed by atoms with E-state index in [1.54, 1.807) is 6.04 Å². The van der Waals surface area contributed by atoms with Gasteiger partial charge in [0.05, 0.1) is 0 Å². The largest absolute Gasteiger partial charge is 1.00 e. The number of likely N-dealkylation sites (tertiary alicyclic amines) is 1. The van der Waals surface area contributed by atoms with Crippen LogP contribution in [0.3, 0.4) is 0 Å². The van der Waals surface area contributed by atoms with Gasteiger partial charge in [0, 0.05) is 0 Å². The second-order valence-corrected chi connectivity index (χ2v) is 2.26. The quantitative estimate of drug-likeness (QED) is 0.404. The Bertz CT molecular complexity index is 57.5. The summed E-state index contributed by atoms with van der Waals surface area (Å²) in [6, 6.07) is 1.54. The second kappa shape index (κ2) is 4.56. The van der Waals surface area contributed by atoms with Crippen molar-refractivity contribution >= 4 is 0 Å². The fourth-order valence-electron chi connectivity index (χ4n) is 0.954. The van der Waals surface area contributed by atoms with Crippen LogP contribution in [0.1, 0.15) is 19.8 Å². The van der Waals surface area contributed by atoms with Crippen molar-refractivity contribution in [2.75, 3.05) is 13.6 Å². The van der Waals surface area contributed by atoms with Crippen molar-refractivity contribution in [1.29, 1.82) is 0 Å². The maximum atomic E-state index is 2.32. The maximum Gasteiger partial charge on any atom is 1.00 e. The molecule has 1 saturated heterocycles. The van der Waals surface area contributed by atoms with Gasteiger partial charge in [-0.15, -0.1) is 0 Å². The minimum Gasteiger partial charge on any atom is -0.456 e. The van der Waals surface area contributed by atoms with Gasteiger partial charge in [-0.25, -0.2) is 0 Å². The van der Waals surface area contributed by atoms with Gasteiger partial charge in [-0.05, 0) is 13.6 Å². The topological polar surface area (TPSA) is 3.24 Å². The molecular formula is C6H12NRb. The van der Waals surface area contributed by atoms with E-state index >= 15 is 0 Å². The van der Waals surface area contributed by atoms with Gasteiger partial charge in [0.25, 0.3) is 0 Å². The Hall–Kier alpha value is 1.77. The molecule has 1 nitrogen and oxygen atoms in total. The van der Waals surface area contributed by atoms with Crippen LogP contribution in [0.2, 0.25) is 0 Å². The molecule has 0 aromatic heterocycles. The van der Waals surface area contributed by atoms with E-state index in [-0.39, 0.29) is 58.2 Å². The zero-order valence-corrected chi connectivity index (χ0v) is 11.0. The number of hydrogen-bond donors (Lipinski definition) is 0. The molecule has 0 atom stereocenters. The van der Waals surface area contributed by atoms with Crippen molar-refractivity contribution in [3.63, 3.8) is 0 Å². The molecule has 0 saturated carbocycles. The van der Waals surface area contributed by atoms with Crippen LogP contribution in [0.15, 0.2) is 0 Å². The number of rotatable bonds is 0. The molecule has 42 valence electrons. The van der Waals surface area contributed by atoms with Gasteiger partial charge in [0.2, 0.25) is 0 Å². The van der Waals surface area contributed by atoms with Crippen molar-refractivity contribution < 1.29 is 58.2 Å². The predicted octanol–water partition coefficient (Wildman–Crippen LogP) is -1.73. The van der Waals surface area contributed by atoms with Crippen molar-refractivity contribution in [2.24, 2.45) is 0 Å². The first-order valence-corrected chi connectivity index (χ1v) is 2.84. The Labute approximate surface area is 101 Å². The summed E-state index contributed by atoms with van der Waals surface area (Å²) in [5.41, 5.74) is 0. The van der Waals surface area contributed by atoms with Crippen molar-refractivity contribution in [3.05, 3.63) is 6.04 Å². The Kier molecular flexibility index (Phi) is 5.57. The summed E-state index contributed by atoms with van der Waals surface area (Å²) in [4.78, 5) is 2.32. The minimum atomic E-state index is 0. The molecule has 0 unspecified atom stereocenters. The Morgan fingerprint density at radius 2 is 2.12 bits per heavy atom. The van der Waals surface area contributed by atoms with Crippen LogP contribution in [0.5, 0.6) is 0 Å². The fourth-order valence-corrected chi connectivity index (χ4v) is 0.954. The summed E-state index contributed by atoms with van der Waals surface area (Å²) in [5, 5.41) is 0. The SMILES string of the molecule is C[C-]1CCCN1C.[Rb+]. The molecule has 1 fully saturated rings. The molecule has 0 spiro atoms. The Balaban J connectivity index is 0.000000490. The van der Waals surface area contributed by atoms with E-state index in [2.05, 4.69) is 18.9 Å². The Morgan fingerprint density at radius 1 is 1.50 bits per heavy atom. The van der Waals surface area contributed by atoms with Crippen LogP contribution in [0.25, 0.3) is 0 Å². The summed E-state index contributed by atoms with van der Waals surface area (Å²) in [5.74, 6) is 0. The molecule has 1 aliphatic rings. The third-order valence-electron chi connectivity index (χ3n) is 1.68. The molecule has 1 rings (SSSR count). The molecule has 0 N–H and O–H groups in total. The van der Waals surface area contributed by atoms with Crippen LogP contribution < -0.4 is 58.2 Å². The molecule has 1 heterocycles. The summed E-state index contributed by atoms with van der Waals surface area (Å²) in [6.45, 7) is 3.47. The first kappa shape index (κ1) is 9.77. The van der Waals surface area contributed by atoms with Crippen LogP contribution >= 0.6 is 0 Å². The Morgan fingerprint density at radius 3 is 2.25 bits per heavy atom. The molecule has 0 aromatic carbocycles. The van der Waals surface area contributed by atoms with Gasteiger partial charge < -0.3 is 4.90 Å². The van der Waals surface area contributed by atoms with Gasteiger partial charge in [-0.3, -0.25) is 6.04 Å². The molecule has 0 aliphatic carbocycles. The van der Waals surface area contributed by atoms with Crippen molar-refractivity contribution in [3.8, 4) is 0 Å². The minimum absolute atomic E-state index is 0. The first-order chi connectivity index (χ1) is 3.30. The molecule has 0 aromatic rings. The molecular weight excluding hydrogens is 172 g/mol. The molecule has 1 aliphatic heterocycles. The second-order valence-electron chi connectivity index (χ2n) is 2.26. The van der Waals surface area contributed by atoms with E-state index in [0.29, 0.717) is 0 Å². The third kappa shape index (κ3) is 2.57. The van der Waals surface area contributed by atoms with Crippen LogP contribution in [-0.4, -0.2) is 18.5 Å². The zero-order valence-electron chi connectivity index (χ0n) is 6.07.